The van der Waals surface area contributed by atoms with E-state index >= 15 is 0 Å². The lowest BCUT2D eigenvalue weighted by Gasteiger charge is -2.34. The Morgan fingerprint density at radius 3 is 2.86 bits per heavy atom. The Bertz CT molecular complexity index is 327. The molecule has 0 bridgehead atoms. The molecule has 0 spiro atoms. The van der Waals surface area contributed by atoms with E-state index in [1.165, 1.54) is 5.69 Å². The van der Waals surface area contributed by atoms with E-state index in [4.69, 9.17) is 0 Å². The first kappa shape index (κ1) is 9.71. The Hall–Kier alpha value is -0.830. The first-order chi connectivity index (χ1) is 6.58. The normalized spacial score (nSPS) is 22.8. The van der Waals surface area contributed by atoms with Crippen molar-refractivity contribution >= 4 is 0 Å². The molecule has 3 heteroatoms. The fourth-order valence-electron chi connectivity index (χ4n) is 2.15. The number of rotatable bonds is 1. The molecule has 1 unspecified atom stereocenters. The molecule has 1 aliphatic heterocycles. The number of fused-ring (bicyclic) bond motifs is 1. The summed E-state index contributed by atoms with van der Waals surface area (Å²) in [6, 6.07) is 3.33. The molecule has 0 N–H and O–H groups in total. The SMILES string of the molecule is Cc1cc2n(n1)C(C)CN(C(C)C)C2. The maximum Gasteiger partial charge on any atom is 0.0622 e. The number of hydrogen-bond donors (Lipinski definition) is 0. The summed E-state index contributed by atoms with van der Waals surface area (Å²) in [6.07, 6.45) is 0. The van der Waals surface area contributed by atoms with Crippen molar-refractivity contribution in [1.29, 1.82) is 0 Å². The highest BCUT2D eigenvalue weighted by molar-refractivity contribution is 5.11. The minimum atomic E-state index is 0.509. The Kier molecular flexibility index (Phi) is 2.35. The van der Waals surface area contributed by atoms with Crippen molar-refractivity contribution in [3.63, 3.8) is 0 Å². The monoisotopic (exact) mass is 193 g/mol. The van der Waals surface area contributed by atoms with Crippen LogP contribution in [0.1, 0.15) is 38.2 Å². The molecule has 3 nitrogen and oxygen atoms in total. The quantitative estimate of drug-likeness (QED) is 0.680. The van der Waals surface area contributed by atoms with Crippen LogP contribution in [0.4, 0.5) is 0 Å². The van der Waals surface area contributed by atoms with Crippen LogP contribution >= 0.6 is 0 Å². The molecule has 0 amide bonds. The number of aryl methyl sites for hydroxylation is 1. The van der Waals surface area contributed by atoms with E-state index < -0.39 is 0 Å². The average molecular weight is 193 g/mol. The first-order valence-corrected chi connectivity index (χ1v) is 5.37. The lowest BCUT2D eigenvalue weighted by atomic mass is 10.1. The van der Waals surface area contributed by atoms with Crippen molar-refractivity contribution in [3.8, 4) is 0 Å². The van der Waals surface area contributed by atoms with Gasteiger partial charge in [0, 0.05) is 19.1 Å². The predicted octanol–water partition coefficient (Wildman–Crippen LogP) is 1.98. The summed E-state index contributed by atoms with van der Waals surface area (Å²) >= 11 is 0. The maximum absolute atomic E-state index is 4.52. The highest BCUT2D eigenvalue weighted by Crippen LogP contribution is 2.22. The number of nitrogens with zero attached hydrogens (tertiary/aromatic N) is 3. The predicted molar refractivity (Wildman–Crippen MR) is 57.2 cm³/mol. The highest BCUT2D eigenvalue weighted by Gasteiger charge is 2.24. The Labute approximate surface area is 85.7 Å². The molecule has 1 aromatic rings. The van der Waals surface area contributed by atoms with Crippen LogP contribution in [0.3, 0.4) is 0 Å². The zero-order chi connectivity index (χ0) is 10.3. The summed E-state index contributed by atoms with van der Waals surface area (Å²) in [6.45, 7) is 11.0. The third-order valence-corrected chi connectivity index (χ3v) is 2.95. The zero-order valence-electron chi connectivity index (χ0n) is 9.49. The molecule has 0 saturated heterocycles. The second-order valence-corrected chi connectivity index (χ2v) is 4.59. The van der Waals surface area contributed by atoms with E-state index in [0.29, 0.717) is 12.1 Å². The van der Waals surface area contributed by atoms with Crippen molar-refractivity contribution in [2.24, 2.45) is 0 Å². The van der Waals surface area contributed by atoms with Crippen LogP contribution in [0.2, 0.25) is 0 Å². The van der Waals surface area contributed by atoms with Crippen LogP contribution in [0.15, 0.2) is 6.07 Å². The van der Waals surface area contributed by atoms with E-state index in [1.54, 1.807) is 0 Å². The lowest BCUT2D eigenvalue weighted by Crippen LogP contribution is -2.40. The van der Waals surface area contributed by atoms with Gasteiger partial charge in [0.15, 0.2) is 0 Å². The molecular formula is C11H19N3. The molecule has 14 heavy (non-hydrogen) atoms. The van der Waals surface area contributed by atoms with Gasteiger partial charge in [-0.3, -0.25) is 9.58 Å². The Morgan fingerprint density at radius 2 is 2.21 bits per heavy atom. The minimum absolute atomic E-state index is 0.509. The van der Waals surface area contributed by atoms with Crippen LogP contribution in [-0.4, -0.2) is 27.3 Å². The van der Waals surface area contributed by atoms with Gasteiger partial charge in [0.2, 0.25) is 0 Å². The molecule has 0 fully saturated rings. The summed E-state index contributed by atoms with van der Waals surface area (Å²) in [5, 5.41) is 4.52. The average Bonchev–Trinajstić information content (AvgIpc) is 2.45. The Balaban J connectivity index is 2.28. The standard InChI is InChI=1S/C11H19N3/c1-8(2)13-6-10(4)14-11(7-13)5-9(3)12-14/h5,8,10H,6-7H2,1-4H3. The third kappa shape index (κ3) is 1.57. The fourth-order valence-corrected chi connectivity index (χ4v) is 2.15. The summed E-state index contributed by atoms with van der Waals surface area (Å²) in [5.74, 6) is 0. The van der Waals surface area contributed by atoms with Crippen molar-refractivity contribution < 1.29 is 0 Å². The van der Waals surface area contributed by atoms with E-state index in [0.717, 1.165) is 18.8 Å². The smallest absolute Gasteiger partial charge is 0.0622 e. The minimum Gasteiger partial charge on any atom is -0.293 e. The van der Waals surface area contributed by atoms with E-state index in [9.17, 15) is 0 Å². The molecular weight excluding hydrogens is 174 g/mol. The van der Waals surface area contributed by atoms with Gasteiger partial charge in [-0.15, -0.1) is 0 Å². The molecule has 0 radical (unpaired) electrons. The van der Waals surface area contributed by atoms with Crippen LogP contribution < -0.4 is 0 Å². The second kappa shape index (κ2) is 3.39. The second-order valence-electron chi connectivity index (χ2n) is 4.59. The van der Waals surface area contributed by atoms with E-state index in [2.05, 4.69) is 48.4 Å². The van der Waals surface area contributed by atoms with Gasteiger partial charge in [-0.2, -0.15) is 5.10 Å². The summed E-state index contributed by atoms with van der Waals surface area (Å²) in [4.78, 5) is 2.50. The van der Waals surface area contributed by atoms with Crippen molar-refractivity contribution in [2.45, 2.75) is 46.3 Å². The van der Waals surface area contributed by atoms with Crippen molar-refractivity contribution in [1.82, 2.24) is 14.7 Å². The van der Waals surface area contributed by atoms with Gasteiger partial charge in [-0.1, -0.05) is 0 Å². The third-order valence-electron chi connectivity index (χ3n) is 2.95. The van der Waals surface area contributed by atoms with Crippen LogP contribution in [0.25, 0.3) is 0 Å². The van der Waals surface area contributed by atoms with Crippen molar-refractivity contribution in [2.75, 3.05) is 6.54 Å². The van der Waals surface area contributed by atoms with Crippen molar-refractivity contribution in [3.05, 3.63) is 17.5 Å². The van der Waals surface area contributed by atoms with Gasteiger partial charge in [-0.25, -0.2) is 0 Å². The molecule has 0 aliphatic carbocycles. The van der Waals surface area contributed by atoms with Gasteiger partial charge >= 0.3 is 0 Å². The van der Waals surface area contributed by atoms with Gasteiger partial charge in [-0.05, 0) is 33.8 Å². The van der Waals surface area contributed by atoms with Gasteiger partial charge < -0.3 is 0 Å². The van der Waals surface area contributed by atoms with Crippen LogP contribution in [0.5, 0.6) is 0 Å². The van der Waals surface area contributed by atoms with Gasteiger partial charge in [0.1, 0.15) is 0 Å². The number of hydrogen-bond acceptors (Lipinski definition) is 2. The highest BCUT2D eigenvalue weighted by atomic mass is 15.4. The molecule has 1 atom stereocenters. The van der Waals surface area contributed by atoms with E-state index in [1.807, 2.05) is 0 Å². The van der Waals surface area contributed by atoms with Gasteiger partial charge in [0.25, 0.3) is 0 Å². The molecule has 0 saturated carbocycles. The molecule has 78 valence electrons. The topological polar surface area (TPSA) is 21.1 Å². The summed E-state index contributed by atoms with van der Waals surface area (Å²) < 4.78 is 2.17. The fraction of sp³-hybridized carbons (Fsp3) is 0.727. The summed E-state index contributed by atoms with van der Waals surface area (Å²) in [5.41, 5.74) is 2.49. The molecule has 2 heterocycles. The molecule has 1 aromatic heterocycles. The Morgan fingerprint density at radius 1 is 1.50 bits per heavy atom. The van der Waals surface area contributed by atoms with E-state index in [-0.39, 0.29) is 0 Å². The number of aromatic nitrogens is 2. The van der Waals surface area contributed by atoms with Crippen LogP contribution in [0, 0.1) is 6.92 Å². The molecule has 1 aliphatic rings. The summed E-state index contributed by atoms with van der Waals surface area (Å²) in [7, 11) is 0. The van der Waals surface area contributed by atoms with Crippen LogP contribution in [-0.2, 0) is 6.54 Å². The van der Waals surface area contributed by atoms with Gasteiger partial charge in [0.05, 0.1) is 17.4 Å². The first-order valence-electron chi connectivity index (χ1n) is 5.37. The molecule has 0 aromatic carbocycles. The zero-order valence-corrected chi connectivity index (χ0v) is 9.49. The molecule has 2 rings (SSSR count). The maximum atomic E-state index is 4.52. The largest absolute Gasteiger partial charge is 0.293 e. The lowest BCUT2D eigenvalue weighted by molar-refractivity contribution is 0.146.